The van der Waals surface area contributed by atoms with E-state index in [-0.39, 0.29) is 5.82 Å². The van der Waals surface area contributed by atoms with E-state index in [9.17, 15) is 9.50 Å². The van der Waals surface area contributed by atoms with Gasteiger partial charge in [0, 0.05) is 24.3 Å². The molecular weight excluding hydrogens is 241 g/mol. The van der Waals surface area contributed by atoms with Crippen LogP contribution in [0.3, 0.4) is 0 Å². The van der Waals surface area contributed by atoms with E-state index in [0.717, 1.165) is 37.5 Å². The Labute approximate surface area is 115 Å². The van der Waals surface area contributed by atoms with Gasteiger partial charge in [0.15, 0.2) is 0 Å². The standard InChI is InChI=1S/C16H24FNO/c1-11-5-4-7-18(8-6-11)16-9-12(2)15(17)10-14(16)13(3)19/h9-11,13,19H,4-8H2,1-3H3/t11?,13-/m0/s1. The summed E-state index contributed by atoms with van der Waals surface area (Å²) in [6.07, 6.45) is 2.94. The zero-order valence-corrected chi connectivity index (χ0v) is 12.1. The number of aliphatic hydroxyl groups excluding tert-OH is 1. The van der Waals surface area contributed by atoms with E-state index in [1.165, 1.54) is 12.5 Å². The minimum absolute atomic E-state index is 0.233. The number of hydrogen-bond donors (Lipinski definition) is 1. The van der Waals surface area contributed by atoms with Gasteiger partial charge in [0.05, 0.1) is 6.10 Å². The summed E-state index contributed by atoms with van der Waals surface area (Å²) in [6, 6.07) is 3.37. The largest absolute Gasteiger partial charge is 0.389 e. The van der Waals surface area contributed by atoms with Gasteiger partial charge in [0.1, 0.15) is 5.82 Å². The first kappa shape index (κ1) is 14.3. The van der Waals surface area contributed by atoms with Crippen LogP contribution < -0.4 is 4.90 Å². The van der Waals surface area contributed by atoms with Crippen molar-refractivity contribution in [3.63, 3.8) is 0 Å². The molecule has 0 spiro atoms. The molecule has 19 heavy (non-hydrogen) atoms. The predicted octanol–water partition coefficient (Wildman–Crippen LogP) is 3.81. The molecule has 2 nitrogen and oxygen atoms in total. The van der Waals surface area contributed by atoms with Crippen LogP contribution in [0, 0.1) is 18.7 Å². The molecule has 1 unspecified atom stereocenters. The van der Waals surface area contributed by atoms with Crippen LogP contribution in [0.1, 0.15) is 50.3 Å². The van der Waals surface area contributed by atoms with Gasteiger partial charge in [0.2, 0.25) is 0 Å². The Morgan fingerprint density at radius 2 is 2.05 bits per heavy atom. The van der Waals surface area contributed by atoms with Crippen molar-refractivity contribution in [2.75, 3.05) is 18.0 Å². The van der Waals surface area contributed by atoms with E-state index >= 15 is 0 Å². The Morgan fingerprint density at radius 1 is 1.32 bits per heavy atom. The fraction of sp³-hybridized carbons (Fsp3) is 0.625. The second-order valence-corrected chi connectivity index (χ2v) is 5.86. The van der Waals surface area contributed by atoms with E-state index in [4.69, 9.17) is 0 Å². The highest BCUT2D eigenvalue weighted by molar-refractivity contribution is 5.57. The summed E-state index contributed by atoms with van der Waals surface area (Å²) in [4.78, 5) is 2.30. The normalized spacial score (nSPS) is 22.2. The number of halogens is 1. The molecule has 0 bridgehead atoms. The maximum atomic E-state index is 13.7. The minimum Gasteiger partial charge on any atom is -0.389 e. The van der Waals surface area contributed by atoms with Crippen LogP contribution in [0.4, 0.5) is 10.1 Å². The van der Waals surface area contributed by atoms with Crippen molar-refractivity contribution in [2.24, 2.45) is 5.92 Å². The van der Waals surface area contributed by atoms with Gasteiger partial charge in [-0.1, -0.05) is 6.92 Å². The summed E-state index contributed by atoms with van der Waals surface area (Å²) < 4.78 is 13.7. The number of rotatable bonds is 2. The van der Waals surface area contributed by atoms with Gasteiger partial charge in [0.25, 0.3) is 0 Å². The molecule has 1 fully saturated rings. The van der Waals surface area contributed by atoms with Crippen LogP contribution in [-0.4, -0.2) is 18.2 Å². The molecule has 2 atom stereocenters. The zero-order chi connectivity index (χ0) is 14.0. The molecule has 0 saturated carbocycles. The van der Waals surface area contributed by atoms with E-state index in [1.807, 2.05) is 6.07 Å². The Hall–Kier alpha value is -1.09. The average Bonchev–Trinajstić information content (AvgIpc) is 2.57. The Morgan fingerprint density at radius 3 is 2.74 bits per heavy atom. The molecule has 0 aromatic heterocycles. The highest BCUT2D eigenvalue weighted by atomic mass is 19.1. The molecule has 1 aliphatic heterocycles. The molecule has 2 rings (SSSR count). The second-order valence-electron chi connectivity index (χ2n) is 5.86. The summed E-state index contributed by atoms with van der Waals surface area (Å²) in [6.45, 7) is 7.76. The fourth-order valence-corrected chi connectivity index (χ4v) is 2.79. The average molecular weight is 265 g/mol. The lowest BCUT2D eigenvalue weighted by atomic mass is 10.0. The van der Waals surface area contributed by atoms with Crippen LogP contribution in [-0.2, 0) is 0 Å². The van der Waals surface area contributed by atoms with E-state index < -0.39 is 6.10 Å². The lowest BCUT2D eigenvalue weighted by Gasteiger charge is -2.27. The van der Waals surface area contributed by atoms with Gasteiger partial charge >= 0.3 is 0 Å². The monoisotopic (exact) mass is 265 g/mol. The van der Waals surface area contributed by atoms with Crippen molar-refractivity contribution in [1.29, 1.82) is 0 Å². The first-order valence-electron chi connectivity index (χ1n) is 7.22. The molecule has 1 saturated heterocycles. The molecule has 1 heterocycles. The molecule has 0 amide bonds. The van der Waals surface area contributed by atoms with Crippen LogP contribution in [0.5, 0.6) is 0 Å². The zero-order valence-electron chi connectivity index (χ0n) is 12.1. The van der Waals surface area contributed by atoms with Crippen molar-refractivity contribution in [1.82, 2.24) is 0 Å². The number of aryl methyl sites for hydroxylation is 1. The van der Waals surface area contributed by atoms with Gasteiger partial charge < -0.3 is 10.0 Å². The number of nitrogens with zero attached hydrogens (tertiary/aromatic N) is 1. The maximum Gasteiger partial charge on any atom is 0.126 e. The van der Waals surface area contributed by atoms with Gasteiger partial charge in [-0.3, -0.25) is 0 Å². The molecule has 0 aliphatic carbocycles. The minimum atomic E-state index is -0.634. The lowest BCUT2D eigenvalue weighted by molar-refractivity contribution is 0.199. The van der Waals surface area contributed by atoms with Gasteiger partial charge in [-0.15, -0.1) is 0 Å². The molecule has 0 radical (unpaired) electrons. The van der Waals surface area contributed by atoms with Crippen molar-refractivity contribution >= 4 is 5.69 Å². The first-order chi connectivity index (χ1) is 8.99. The number of benzene rings is 1. The Kier molecular flexibility index (Phi) is 4.46. The molecule has 1 aromatic carbocycles. The Balaban J connectivity index is 2.34. The molecule has 1 N–H and O–H groups in total. The van der Waals surface area contributed by atoms with Crippen LogP contribution in [0.25, 0.3) is 0 Å². The topological polar surface area (TPSA) is 23.5 Å². The molecule has 1 aromatic rings. The SMILES string of the molecule is Cc1cc(N2CCCC(C)CC2)c([C@H](C)O)cc1F. The van der Waals surface area contributed by atoms with Gasteiger partial charge in [-0.2, -0.15) is 0 Å². The molecule has 106 valence electrons. The first-order valence-corrected chi connectivity index (χ1v) is 7.22. The van der Waals surface area contributed by atoms with Crippen molar-refractivity contribution in [3.05, 3.63) is 29.1 Å². The molecule has 3 heteroatoms. The summed E-state index contributed by atoms with van der Waals surface area (Å²) in [5, 5.41) is 9.88. The molecular formula is C16H24FNO. The Bertz CT molecular complexity index is 445. The smallest absolute Gasteiger partial charge is 0.126 e. The number of anilines is 1. The second kappa shape index (κ2) is 5.91. The fourth-order valence-electron chi connectivity index (χ4n) is 2.79. The van der Waals surface area contributed by atoms with E-state index in [2.05, 4.69) is 11.8 Å². The summed E-state index contributed by atoms with van der Waals surface area (Å²) in [5.74, 6) is 0.518. The summed E-state index contributed by atoms with van der Waals surface area (Å²) in [5.41, 5.74) is 2.36. The van der Waals surface area contributed by atoms with Crippen molar-refractivity contribution in [2.45, 2.75) is 46.1 Å². The van der Waals surface area contributed by atoms with E-state index in [1.54, 1.807) is 13.8 Å². The van der Waals surface area contributed by atoms with Crippen molar-refractivity contribution in [3.8, 4) is 0 Å². The third-order valence-electron chi connectivity index (χ3n) is 4.12. The highest BCUT2D eigenvalue weighted by Crippen LogP contribution is 2.31. The lowest BCUT2D eigenvalue weighted by Crippen LogP contribution is -2.26. The van der Waals surface area contributed by atoms with Crippen LogP contribution >= 0.6 is 0 Å². The quantitative estimate of drug-likeness (QED) is 0.879. The van der Waals surface area contributed by atoms with Gasteiger partial charge in [-0.25, -0.2) is 4.39 Å². The number of hydrogen-bond acceptors (Lipinski definition) is 2. The predicted molar refractivity (Wildman–Crippen MR) is 77.0 cm³/mol. The van der Waals surface area contributed by atoms with Crippen molar-refractivity contribution < 1.29 is 9.50 Å². The number of aliphatic hydroxyl groups is 1. The maximum absolute atomic E-state index is 13.7. The van der Waals surface area contributed by atoms with Gasteiger partial charge in [-0.05, 0) is 56.7 Å². The third kappa shape index (κ3) is 3.27. The van der Waals surface area contributed by atoms with Crippen LogP contribution in [0.15, 0.2) is 12.1 Å². The summed E-state index contributed by atoms with van der Waals surface area (Å²) in [7, 11) is 0. The third-order valence-corrected chi connectivity index (χ3v) is 4.12. The van der Waals surface area contributed by atoms with E-state index in [0.29, 0.717) is 11.1 Å². The van der Waals surface area contributed by atoms with Crippen LogP contribution in [0.2, 0.25) is 0 Å². The molecule has 1 aliphatic rings. The summed E-state index contributed by atoms with van der Waals surface area (Å²) >= 11 is 0. The highest BCUT2D eigenvalue weighted by Gasteiger charge is 2.19.